The van der Waals surface area contributed by atoms with Gasteiger partial charge in [-0.25, -0.2) is 9.78 Å². The molecule has 4 saturated carbocycles. The molecule has 4 fully saturated rings. The molecule has 0 spiro atoms. The summed E-state index contributed by atoms with van der Waals surface area (Å²) in [4.78, 5) is 41.5. The second kappa shape index (κ2) is 7.82. The van der Waals surface area contributed by atoms with E-state index < -0.39 is 11.5 Å². The number of fused-ring (bicyclic) bond motifs is 1. The number of carbonyl (C=O) groups excluding carboxylic acids is 1. The van der Waals surface area contributed by atoms with Gasteiger partial charge in [-0.15, -0.1) is 0 Å². The first-order valence-corrected chi connectivity index (χ1v) is 12.1. The van der Waals surface area contributed by atoms with Gasteiger partial charge in [-0.3, -0.25) is 14.0 Å². The fourth-order valence-corrected chi connectivity index (χ4v) is 7.19. The maximum Gasteiger partial charge on any atom is 0.341 e. The van der Waals surface area contributed by atoms with Crippen molar-refractivity contribution in [3.05, 3.63) is 70.0 Å². The zero-order valence-corrected chi connectivity index (χ0v) is 18.9. The summed E-state index contributed by atoms with van der Waals surface area (Å²) in [6.45, 7) is 0.848. The number of hydrogen-bond acceptors (Lipinski definition) is 4. The molecule has 0 aliphatic heterocycles. The molecule has 8 nitrogen and oxygen atoms in total. The minimum absolute atomic E-state index is 0.115. The monoisotopic (exact) mass is 460 g/mol. The molecule has 2 N–H and O–H groups in total. The van der Waals surface area contributed by atoms with Gasteiger partial charge in [0.15, 0.2) is 0 Å². The number of imidazole rings is 1. The molecule has 4 aliphatic rings. The Morgan fingerprint density at radius 1 is 1.06 bits per heavy atom. The predicted octanol–water partition coefficient (Wildman–Crippen LogP) is 3.19. The van der Waals surface area contributed by atoms with Crippen molar-refractivity contribution in [1.29, 1.82) is 0 Å². The molecule has 34 heavy (non-hydrogen) atoms. The summed E-state index contributed by atoms with van der Waals surface area (Å²) in [7, 11) is 0. The number of nitrogens with zero attached hydrogens (tertiary/aromatic N) is 3. The van der Waals surface area contributed by atoms with E-state index in [1.165, 1.54) is 61.4 Å². The molecule has 0 atom stereocenters. The van der Waals surface area contributed by atoms with Crippen LogP contribution in [0, 0.1) is 23.2 Å². The molecule has 1 amide bonds. The summed E-state index contributed by atoms with van der Waals surface area (Å²) in [6, 6.07) is 8.23. The second-order valence-corrected chi connectivity index (χ2v) is 10.6. The van der Waals surface area contributed by atoms with E-state index >= 15 is 0 Å². The van der Waals surface area contributed by atoms with Crippen molar-refractivity contribution in [3.8, 4) is 0 Å². The molecule has 0 saturated heterocycles. The zero-order chi connectivity index (χ0) is 23.4. The molecule has 0 unspecified atom stereocenters. The molecule has 3 aromatic rings. The molecule has 0 aromatic carbocycles. The van der Waals surface area contributed by atoms with Crippen molar-refractivity contribution in [2.45, 2.75) is 45.1 Å². The summed E-state index contributed by atoms with van der Waals surface area (Å²) < 4.78 is 3.06. The summed E-state index contributed by atoms with van der Waals surface area (Å²) in [6.07, 6.45) is 11.1. The minimum Gasteiger partial charge on any atom is -0.477 e. The highest BCUT2D eigenvalue weighted by molar-refractivity contribution is 5.93. The summed E-state index contributed by atoms with van der Waals surface area (Å²) in [5, 5.41) is 12.4. The van der Waals surface area contributed by atoms with Crippen LogP contribution in [0.15, 0.2) is 47.5 Å². The van der Waals surface area contributed by atoms with Gasteiger partial charge in [0.05, 0.1) is 12.2 Å². The lowest BCUT2D eigenvalue weighted by Crippen LogP contribution is -2.51. The van der Waals surface area contributed by atoms with Crippen LogP contribution in [0.1, 0.15) is 65.1 Å². The highest BCUT2D eigenvalue weighted by Gasteiger charge is 2.50. The van der Waals surface area contributed by atoms with E-state index in [0.29, 0.717) is 17.0 Å². The van der Waals surface area contributed by atoms with E-state index in [1.807, 2.05) is 12.1 Å². The number of aromatic carboxylic acids is 1. The predicted molar refractivity (Wildman–Crippen MR) is 125 cm³/mol. The average molecular weight is 461 g/mol. The Bertz CT molecular complexity index is 1320. The number of amides is 1. The van der Waals surface area contributed by atoms with Gasteiger partial charge in [-0.1, -0.05) is 6.07 Å². The Balaban J connectivity index is 1.22. The molecular weight excluding hydrogens is 432 g/mol. The normalized spacial score (nSPS) is 27.2. The molecule has 7 rings (SSSR count). The molecule has 3 aromatic heterocycles. The van der Waals surface area contributed by atoms with Crippen LogP contribution < -0.4 is 10.9 Å². The molecule has 3 heterocycles. The van der Waals surface area contributed by atoms with Gasteiger partial charge in [0, 0.05) is 18.9 Å². The summed E-state index contributed by atoms with van der Waals surface area (Å²) >= 11 is 0. The van der Waals surface area contributed by atoms with Crippen LogP contribution in [0.5, 0.6) is 0 Å². The van der Waals surface area contributed by atoms with E-state index in [1.54, 1.807) is 16.7 Å². The fraction of sp³-hybridized carbons (Fsp3) is 0.462. The summed E-state index contributed by atoms with van der Waals surface area (Å²) in [5.41, 5.74) is 1.09. The van der Waals surface area contributed by atoms with Crippen molar-refractivity contribution >= 4 is 17.5 Å². The lowest BCUT2D eigenvalue weighted by Gasteiger charge is -2.56. The van der Waals surface area contributed by atoms with Crippen LogP contribution in [0.4, 0.5) is 0 Å². The zero-order valence-electron chi connectivity index (χ0n) is 18.9. The van der Waals surface area contributed by atoms with E-state index in [4.69, 9.17) is 0 Å². The smallest absolute Gasteiger partial charge is 0.341 e. The Morgan fingerprint density at radius 3 is 2.44 bits per heavy atom. The number of carbonyl (C=O) groups is 2. The number of hydrogen-bond donors (Lipinski definition) is 2. The Labute approximate surface area is 196 Å². The van der Waals surface area contributed by atoms with Crippen LogP contribution in [-0.2, 0) is 6.54 Å². The van der Waals surface area contributed by atoms with Crippen LogP contribution in [0.25, 0.3) is 5.65 Å². The Hall–Kier alpha value is -3.42. The number of aromatic nitrogens is 3. The number of nitrogens with one attached hydrogen (secondary N) is 1. The van der Waals surface area contributed by atoms with E-state index in [-0.39, 0.29) is 23.4 Å². The van der Waals surface area contributed by atoms with Gasteiger partial charge in [0.2, 0.25) is 0 Å². The number of carboxylic acids is 1. The number of carboxylic acid groups (broad SMARTS) is 1. The molecular formula is C26H28N4O4. The minimum atomic E-state index is -1.26. The Morgan fingerprint density at radius 2 is 1.76 bits per heavy atom. The first-order chi connectivity index (χ1) is 16.4. The van der Waals surface area contributed by atoms with Gasteiger partial charge < -0.3 is 15.0 Å². The molecule has 8 heteroatoms. The van der Waals surface area contributed by atoms with Crippen molar-refractivity contribution < 1.29 is 14.7 Å². The topological polar surface area (TPSA) is 106 Å². The van der Waals surface area contributed by atoms with Crippen LogP contribution in [0.3, 0.4) is 0 Å². The van der Waals surface area contributed by atoms with E-state index in [0.717, 1.165) is 24.3 Å². The summed E-state index contributed by atoms with van der Waals surface area (Å²) in [5.74, 6) is 1.14. The van der Waals surface area contributed by atoms with E-state index in [9.17, 15) is 19.5 Å². The third-order valence-corrected chi connectivity index (χ3v) is 8.15. The van der Waals surface area contributed by atoms with Crippen molar-refractivity contribution in [2.75, 3.05) is 6.54 Å². The van der Waals surface area contributed by atoms with Crippen LogP contribution in [-0.4, -0.2) is 37.5 Å². The van der Waals surface area contributed by atoms with Crippen LogP contribution >= 0.6 is 0 Å². The number of rotatable bonds is 6. The van der Waals surface area contributed by atoms with Gasteiger partial charge >= 0.3 is 5.97 Å². The molecule has 4 bridgehead atoms. The van der Waals surface area contributed by atoms with Crippen LogP contribution in [0.2, 0.25) is 0 Å². The molecule has 0 radical (unpaired) electrons. The average Bonchev–Trinajstić information content (AvgIpc) is 3.20. The third-order valence-electron chi connectivity index (χ3n) is 8.15. The maximum atomic E-state index is 13.2. The first kappa shape index (κ1) is 21.1. The SMILES string of the molecule is O=C(O)c1cccn(Cc2cn3c(C(=O)NCC45CC6CC(CC(C6)C4)C5)cccc3n2)c1=O. The van der Waals surface area contributed by atoms with Gasteiger partial charge in [-0.05, 0) is 86.0 Å². The van der Waals surface area contributed by atoms with E-state index in [2.05, 4.69) is 10.3 Å². The first-order valence-electron chi connectivity index (χ1n) is 12.1. The second-order valence-electron chi connectivity index (χ2n) is 10.6. The highest BCUT2D eigenvalue weighted by atomic mass is 16.4. The van der Waals surface area contributed by atoms with Crippen molar-refractivity contribution in [1.82, 2.24) is 19.3 Å². The Kier molecular flexibility index (Phi) is 4.86. The van der Waals surface area contributed by atoms with Gasteiger partial charge in [0.25, 0.3) is 11.5 Å². The fourth-order valence-electron chi connectivity index (χ4n) is 7.19. The van der Waals surface area contributed by atoms with Gasteiger partial charge in [-0.2, -0.15) is 0 Å². The number of pyridine rings is 2. The maximum absolute atomic E-state index is 13.2. The largest absolute Gasteiger partial charge is 0.477 e. The lowest BCUT2D eigenvalue weighted by molar-refractivity contribution is -0.0503. The molecule has 176 valence electrons. The quantitative estimate of drug-likeness (QED) is 0.588. The van der Waals surface area contributed by atoms with Crippen molar-refractivity contribution in [2.24, 2.45) is 23.2 Å². The third kappa shape index (κ3) is 3.61. The standard InChI is InChI=1S/C26H28N4O4/c31-23(27-15-26-10-16-7-17(11-26)9-18(8-16)12-26)21-4-1-5-22-28-19(14-30(21)22)13-29-6-2-3-20(24(29)32)25(33)34/h1-6,14,16-18H,7-13,15H2,(H,27,31)(H,33,34). The molecule has 4 aliphatic carbocycles. The van der Waals surface area contributed by atoms with Gasteiger partial charge in [0.1, 0.15) is 16.9 Å². The lowest BCUT2D eigenvalue weighted by atomic mass is 9.49. The highest BCUT2D eigenvalue weighted by Crippen LogP contribution is 2.59. The van der Waals surface area contributed by atoms with Crippen molar-refractivity contribution in [3.63, 3.8) is 0 Å².